The number of nitrogens with zero attached hydrogens (tertiary/aromatic N) is 3. The molecule has 7 heteroatoms. The van der Waals surface area contributed by atoms with Crippen LogP contribution in [0.2, 0.25) is 0 Å². The first kappa shape index (κ1) is 24.0. The smallest absolute Gasteiger partial charge is 0.337 e. The van der Waals surface area contributed by atoms with Crippen LogP contribution in [0.3, 0.4) is 0 Å². The van der Waals surface area contributed by atoms with Crippen molar-refractivity contribution in [1.82, 2.24) is 14.0 Å². The summed E-state index contributed by atoms with van der Waals surface area (Å²) in [5.74, 6) is -0.0196. The van der Waals surface area contributed by atoms with Crippen molar-refractivity contribution in [2.75, 3.05) is 6.54 Å². The Bertz CT molecular complexity index is 1400. The lowest BCUT2D eigenvalue weighted by molar-refractivity contribution is -0.135. The molecule has 5 rings (SSSR count). The van der Waals surface area contributed by atoms with Crippen LogP contribution in [-0.2, 0) is 24.2 Å². The Kier molecular flexibility index (Phi) is 6.71. The fraction of sp³-hybridized carbons (Fsp3) is 0.536. The molecule has 1 amide bonds. The van der Waals surface area contributed by atoms with Crippen molar-refractivity contribution in [2.24, 2.45) is 0 Å². The van der Waals surface area contributed by atoms with Crippen LogP contribution in [0, 0.1) is 13.8 Å². The maximum atomic E-state index is 13.9. The SMILES string of the molecule is CC[C@@H]1CCCCN1C(=O)Cn1c(=O)n(-c2ccc(C)c(C)c2)c(=O)c2c3c(sc21)CCCCC3. The van der Waals surface area contributed by atoms with E-state index in [9.17, 15) is 14.4 Å². The number of hydrogen-bond acceptors (Lipinski definition) is 4. The number of aryl methyl sites for hydroxylation is 4. The molecule has 1 aliphatic carbocycles. The van der Waals surface area contributed by atoms with E-state index >= 15 is 0 Å². The molecular weight excluding hydrogens is 458 g/mol. The zero-order valence-electron chi connectivity index (χ0n) is 21.1. The molecule has 1 aromatic carbocycles. The number of hydrogen-bond donors (Lipinski definition) is 0. The minimum atomic E-state index is -0.416. The normalized spacial score (nSPS) is 18.5. The molecule has 0 saturated carbocycles. The fourth-order valence-electron chi connectivity index (χ4n) is 5.76. The highest BCUT2D eigenvalue weighted by Crippen LogP contribution is 2.34. The summed E-state index contributed by atoms with van der Waals surface area (Å²) in [5, 5.41) is 0.642. The van der Waals surface area contributed by atoms with Gasteiger partial charge in [-0.15, -0.1) is 11.3 Å². The first-order valence-electron chi connectivity index (χ1n) is 13.1. The van der Waals surface area contributed by atoms with Crippen molar-refractivity contribution in [1.29, 1.82) is 0 Å². The number of rotatable bonds is 4. The van der Waals surface area contributed by atoms with E-state index in [0.717, 1.165) is 81.0 Å². The molecule has 2 aromatic heterocycles. The molecular formula is C28H35N3O3S. The van der Waals surface area contributed by atoms with Gasteiger partial charge in [0, 0.05) is 17.5 Å². The maximum absolute atomic E-state index is 13.9. The second-order valence-corrected chi connectivity index (χ2v) is 11.3. The lowest BCUT2D eigenvalue weighted by Crippen LogP contribution is -2.47. The van der Waals surface area contributed by atoms with E-state index in [-0.39, 0.29) is 24.1 Å². The zero-order valence-corrected chi connectivity index (χ0v) is 21.9. The van der Waals surface area contributed by atoms with Crippen molar-refractivity contribution in [3.05, 3.63) is 60.6 Å². The van der Waals surface area contributed by atoms with Crippen LogP contribution >= 0.6 is 11.3 Å². The third kappa shape index (κ3) is 4.28. The molecule has 1 saturated heterocycles. The first-order valence-corrected chi connectivity index (χ1v) is 13.9. The fourth-order valence-corrected chi connectivity index (χ4v) is 7.13. The summed E-state index contributed by atoms with van der Waals surface area (Å²) in [7, 11) is 0. The van der Waals surface area contributed by atoms with Gasteiger partial charge in [0.25, 0.3) is 5.56 Å². The summed E-state index contributed by atoms with van der Waals surface area (Å²) < 4.78 is 2.89. The van der Waals surface area contributed by atoms with Gasteiger partial charge in [0.05, 0.1) is 11.1 Å². The number of carbonyl (C=O) groups is 1. The second-order valence-electron chi connectivity index (χ2n) is 10.2. The predicted molar refractivity (Wildman–Crippen MR) is 142 cm³/mol. The van der Waals surface area contributed by atoms with E-state index in [1.54, 1.807) is 15.9 Å². The molecule has 186 valence electrons. The highest BCUT2D eigenvalue weighted by atomic mass is 32.1. The van der Waals surface area contributed by atoms with Gasteiger partial charge in [0.15, 0.2) is 0 Å². The maximum Gasteiger partial charge on any atom is 0.337 e. The lowest BCUT2D eigenvalue weighted by atomic mass is 10.00. The van der Waals surface area contributed by atoms with Crippen LogP contribution in [0.1, 0.15) is 73.4 Å². The molecule has 3 heterocycles. The molecule has 0 N–H and O–H groups in total. The lowest BCUT2D eigenvalue weighted by Gasteiger charge is -2.35. The molecule has 6 nitrogen and oxygen atoms in total. The molecule has 0 spiro atoms. The Morgan fingerprint density at radius 2 is 1.83 bits per heavy atom. The van der Waals surface area contributed by atoms with E-state index in [2.05, 4.69) is 6.92 Å². The average Bonchev–Trinajstić information content (AvgIpc) is 3.06. The quantitative estimate of drug-likeness (QED) is 0.486. The van der Waals surface area contributed by atoms with Crippen LogP contribution < -0.4 is 11.2 Å². The molecule has 0 radical (unpaired) electrons. The molecule has 1 atom stereocenters. The molecule has 2 aliphatic rings. The topological polar surface area (TPSA) is 64.3 Å². The summed E-state index contributed by atoms with van der Waals surface area (Å²) in [6.45, 7) is 6.85. The summed E-state index contributed by atoms with van der Waals surface area (Å²) in [6, 6.07) is 5.92. The van der Waals surface area contributed by atoms with Crippen molar-refractivity contribution in [2.45, 2.75) is 91.1 Å². The number of piperidine rings is 1. The summed E-state index contributed by atoms with van der Waals surface area (Å²) in [6.07, 6.45) is 9.17. The first-order chi connectivity index (χ1) is 16.9. The number of likely N-dealkylation sites (tertiary alicyclic amines) is 1. The molecule has 0 bridgehead atoms. The van der Waals surface area contributed by atoms with Crippen molar-refractivity contribution in [3.63, 3.8) is 0 Å². The highest BCUT2D eigenvalue weighted by Gasteiger charge is 2.29. The van der Waals surface area contributed by atoms with Gasteiger partial charge in [-0.1, -0.05) is 19.4 Å². The van der Waals surface area contributed by atoms with Crippen LogP contribution in [0.15, 0.2) is 27.8 Å². The second kappa shape index (κ2) is 9.76. The van der Waals surface area contributed by atoms with E-state index in [4.69, 9.17) is 0 Å². The monoisotopic (exact) mass is 493 g/mol. The number of carbonyl (C=O) groups excluding carboxylic acids is 1. The van der Waals surface area contributed by atoms with Crippen LogP contribution in [-0.4, -0.2) is 32.5 Å². The average molecular weight is 494 g/mol. The van der Waals surface area contributed by atoms with Crippen LogP contribution in [0.25, 0.3) is 15.9 Å². The van der Waals surface area contributed by atoms with Gasteiger partial charge in [-0.3, -0.25) is 14.2 Å². The van der Waals surface area contributed by atoms with Gasteiger partial charge in [0.2, 0.25) is 5.91 Å². The Hall–Kier alpha value is -2.67. The number of fused-ring (bicyclic) bond motifs is 3. The molecule has 35 heavy (non-hydrogen) atoms. The Labute approximate surface area is 210 Å². The Balaban J connectivity index is 1.71. The summed E-state index contributed by atoms with van der Waals surface area (Å²) in [4.78, 5) is 45.2. The number of thiophene rings is 1. The third-order valence-corrected chi connectivity index (χ3v) is 9.26. The molecule has 0 unspecified atom stereocenters. The van der Waals surface area contributed by atoms with Crippen molar-refractivity contribution < 1.29 is 4.79 Å². The largest absolute Gasteiger partial charge is 0.338 e. The van der Waals surface area contributed by atoms with Crippen molar-refractivity contribution in [3.8, 4) is 5.69 Å². The van der Waals surface area contributed by atoms with Gasteiger partial charge in [-0.25, -0.2) is 9.36 Å². The van der Waals surface area contributed by atoms with E-state index in [1.165, 1.54) is 9.44 Å². The predicted octanol–water partition coefficient (Wildman–Crippen LogP) is 4.89. The third-order valence-electron chi connectivity index (χ3n) is 7.95. The number of benzene rings is 1. The van der Waals surface area contributed by atoms with E-state index in [1.807, 2.05) is 36.9 Å². The van der Waals surface area contributed by atoms with E-state index in [0.29, 0.717) is 15.9 Å². The van der Waals surface area contributed by atoms with Crippen LogP contribution in [0.4, 0.5) is 0 Å². The molecule has 1 aliphatic heterocycles. The van der Waals surface area contributed by atoms with Gasteiger partial charge in [-0.2, -0.15) is 0 Å². The van der Waals surface area contributed by atoms with Crippen molar-refractivity contribution >= 4 is 27.5 Å². The molecule has 3 aromatic rings. The van der Waals surface area contributed by atoms with Gasteiger partial charge in [0.1, 0.15) is 11.4 Å². The summed E-state index contributed by atoms with van der Waals surface area (Å²) >= 11 is 1.55. The molecule has 1 fully saturated rings. The summed E-state index contributed by atoms with van der Waals surface area (Å²) in [5.41, 5.74) is 3.14. The Morgan fingerprint density at radius 3 is 2.60 bits per heavy atom. The Morgan fingerprint density at radius 1 is 1.03 bits per heavy atom. The van der Waals surface area contributed by atoms with Gasteiger partial charge >= 0.3 is 5.69 Å². The standard InChI is InChI=1S/C28H35N3O3S/c1-4-20-10-8-9-15-29(20)24(32)17-30-27-25(22-11-6-5-7-12-23(22)35-27)26(33)31(28(30)34)21-14-13-18(2)19(3)16-21/h13-14,16,20H,4-12,15,17H2,1-3H3/t20-/m1/s1. The van der Waals surface area contributed by atoms with Gasteiger partial charge in [-0.05, 0) is 94.0 Å². The number of aromatic nitrogens is 2. The number of amides is 1. The highest BCUT2D eigenvalue weighted by molar-refractivity contribution is 7.18. The van der Waals surface area contributed by atoms with Crippen LogP contribution in [0.5, 0.6) is 0 Å². The van der Waals surface area contributed by atoms with E-state index < -0.39 is 5.69 Å². The minimum Gasteiger partial charge on any atom is -0.338 e. The minimum absolute atomic E-state index is 0.0175. The zero-order chi connectivity index (χ0) is 24.7. The van der Waals surface area contributed by atoms with Gasteiger partial charge < -0.3 is 4.90 Å².